The molecule has 116 valence electrons. The Bertz CT molecular complexity index is 743. The zero-order valence-electron chi connectivity index (χ0n) is 12.1. The zero-order chi connectivity index (χ0) is 16.5. The number of hydrogen-bond acceptors (Lipinski definition) is 3. The van der Waals surface area contributed by atoms with Gasteiger partial charge in [0.25, 0.3) is 0 Å². The van der Waals surface area contributed by atoms with E-state index in [2.05, 4.69) is 15.8 Å². The van der Waals surface area contributed by atoms with E-state index in [0.29, 0.717) is 10.7 Å². The number of hydrazone groups is 1. The smallest absolute Gasteiger partial charge is 0.318 e. The SMILES string of the molecule is O=C(NN=CC=Cc1ccccc1)C(=O)Nc1cccc(Cl)c1. The monoisotopic (exact) mass is 327 g/mol. The van der Waals surface area contributed by atoms with Crippen molar-refractivity contribution in [2.24, 2.45) is 5.10 Å². The summed E-state index contributed by atoms with van der Waals surface area (Å²) >= 11 is 5.79. The molecule has 5 nitrogen and oxygen atoms in total. The Hall–Kier alpha value is -2.92. The Morgan fingerprint density at radius 3 is 2.52 bits per heavy atom. The van der Waals surface area contributed by atoms with E-state index in [1.807, 2.05) is 36.4 Å². The van der Waals surface area contributed by atoms with Crippen molar-refractivity contribution in [3.8, 4) is 0 Å². The highest BCUT2D eigenvalue weighted by Gasteiger charge is 2.12. The zero-order valence-corrected chi connectivity index (χ0v) is 12.8. The molecule has 2 rings (SSSR count). The van der Waals surface area contributed by atoms with Gasteiger partial charge < -0.3 is 5.32 Å². The topological polar surface area (TPSA) is 70.6 Å². The van der Waals surface area contributed by atoms with Crippen molar-refractivity contribution in [3.63, 3.8) is 0 Å². The number of nitrogens with zero attached hydrogens (tertiary/aromatic N) is 1. The summed E-state index contributed by atoms with van der Waals surface area (Å²) in [7, 11) is 0. The van der Waals surface area contributed by atoms with Crippen LogP contribution in [0.25, 0.3) is 6.08 Å². The first kappa shape index (κ1) is 16.5. The largest absolute Gasteiger partial charge is 0.329 e. The summed E-state index contributed by atoms with van der Waals surface area (Å²) in [6, 6.07) is 16.1. The molecule has 0 saturated carbocycles. The van der Waals surface area contributed by atoms with E-state index < -0.39 is 11.8 Å². The van der Waals surface area contributed by atoms with Crippen LogP contribution >= 0.6 is 11.6 Å². The number of carbonyl (C=O) groups excluding carboxylic acids is 2. The maximum Gasteiger partial charge on any atom is 0.329 e. The van der Waals surface area contributed by atoms with Gasteiger partial charge in [-0.25, -0.2) is 5.43 Å². The van der Waals surface area contributed by atoms with Gasteiger partial charge in [0, 0.05) is 16.9 Å². The van der Waals surface area contributed by atoms with E-state index in [1.165, 1.54) is 6.21 Å². The van der Waals surface area contributed by atoms with Gasteiger partial charge >= 0.3 is 11.8 Å². The van der Waals surface area contributed by atoms with Gasteiger partial charge in [-0.05, 0) is 29.8 Å². The molecule has 2 amide bonds. The first-order chi connectivity index (χ1) is 11.1. The summed E-state index contributed by atoms with van der Waals surface area (Å²) in [5, 5.41) is 6.56. The number of hydrogen-bond donors (Lipinski definition) is 2. The lowest BCUT2D eigenvalue weighted by Crippen LogP contribution is -2.32. The van der Waals surface area contributed by atoms with Crippen molar-refractivity contribution in [2.75, 3.05) is 5.32 Å². The highest BCUT2D eigenvalue weighted by molar-refractivity contribution is 6.39. The molecule has 0 saturated heterocycles. The standard InChI is InChI=1S/C17H14ClN3O2/c18-14-9-4-10-15(12-14)20-16(22)17(23)21-19-11-5-8-13-6-2-1-3-7-13/h1-12H,(H,20,22)(H,21,23). The number of rotatable bonds is 4. The van der Waals surface area contributed by atoms with Crippen LogP contribution in [-0.2, 0) is 9.59 Å². The molecule has 0 radical (unpaired) electrons. The molecule has 6 heteroatoms. The molecule has 0 unspecified atom stereocenters. The van der Waals surface area contributed by atoms with Gasteiger partial charge in [0.1, 0.15) is 0 Å². The van der Waals surface area contributed by atoms with Crippen molar-refractivity contribution < 1.29 is 9.59 Å². The number of carbonyl (C=O) groups is 2. The summed E-state index contributed by atoms with van der Waals surface area (Å²) in [4.78, 5) is 23.2. The van der Waals surface area contributed by atoms with Crippen LogP contribution < -0.4 is 10.7 Å². The molecule has 0 fully saturated rings. The number of benzene rings is 2. The molecule has 2 aromatic carbocycles. The van der Waals surface area contributed by atoms with Crippen LogP contribution in [0.3, 0.4) is 0 Å². The minimum atomic E-state index is -0.866. The van der Waals surface area contributed by atoms with Gasteiger partial charge in [0.15, 0.2) is 0 Å². The highest BCUT2D eigenvalue weighted by Crippen LogP contribution is 2.14. The quantitative estimate of drug-likeness (QED) is 0.514. The average molecular weight is 328 g/mol. The molecule has 2 aromatic rings. The predicted octanol–water partition coefficient (Wildman–Crippen LogP) is 3.09. The van der Waals surface area contributed by atoms with Gasteiger partial charge in [-0.3, -0.25) is 9.59 Å². The van der Waals surface area contributed by atoms with E-state index >= 15 is 0 Å². The average Bonchev–Trinajstić information content (AvgIpc) is 2.55. The molecular weight excluding hydrogens is 314 g/mol. The van der Waals surface area contributed by atoms with Crippen LogP contribution in [0, 0.1) is 0 Å². The van der Waals surface area contributed by atoms with Crippen LogP contribution in [0.15, 0.2) is 65.8 Å². The predicted molar refractivity (Wildman–Crippen MR) is 92.2 cm³/mol. The van der Waals surface area contributed by atoms with Gasteiger partial charge in [-0.15, -0.1) is 0 Å². The second kappa shape index (κ2) is 8.51. The van der Waals surface area contributed by atoms with Gasteiger partial charge in [-0.2, -0.15) is 5.10 Å². The van der Waals surface area contributed by atoms with Crippen molar-refractivity contribution in [2.45, 2.75) is 0 Å². The Morgan fingerprint density at radius 1 is 1.00 bits per heavy atom. The van der Waals surface area contributed by atoms with Crippen LogP contribution in [0.2, 0.25) is 5.02 Å². The Morgan fingerprint density at radius 2 is 1.78 bits per heavy atom. The molecular formula is C17H14ClN3O2. The highest BCUT2D eigenvalue weighted by atomic mass is 35.5. The second-order valence-electron chi connectivity index (χ2n) is 4.45. The van der Waals surface area contributed by atoms with Crippen LogP contribution in [-0.4, -0.2) is 18.0 Å². The Kier molecular flexibility index (Phi) is 6.08. The lowest BCUT2D eigenvalue weighted by molar-refractivity contribution is -0.136. The minimum absolute atomic E-state index is 0.436. The summed E-state index contributed by atoms with van der Waals surface area (Å²) in [5.74, 6) is -1.69. The van der Waals surface area contributed by atoms with Gasteiger partial charge in [0.05, 0.1) is 0 Å². The molecule has 2 N–H and O–H groups in total. The molecule has 0 aliphatic carbocycles. The molecule has 0 aromatic heterocycles. The number of allylic oxidation sites excluding steroid dienone is 1. The number of anilines is 1. The van der Waals surface area contributed by atoms with Gasteiger partial charge in [-0.1, -0.05) is 54.1 Å². The third-order valence-electron chi connectivity index (χ3n) is 2.70. The van der Waals surface area contributed by atoms with Crippen molar-refractivity contribution in [3.05, 3.63) is 71.3 Å². The first-order valence-electron chi connectivity index (χ1n) is 6.77. The van der Waals surface area contributed by atoms with Crippen molar-refractivity contribution >= 4 is 41.4 Å². The van der Waals surface area contributed by atoms with Crippen molar-refractivity contribution in [1.82, 2.24) is 5.43 Å². The fourth-order valence-electron chi connectivity index (χ4n) is 1.66. The molecule has 0 spiro atoms. The Balaban J connectivity index is 1.81. The molecule has 0 atom stereocenters. The maximum atomic E-state index is 11.7. The number of nitrogens with one attached hydrogen (secondary N) is 2. The number of amides is 2. The van der Waals surface area contributed by atoms with E-state index in [0.717, 1.165) is 5.56 Å². The summed E-state index contributed by atoms with van der Waals surface area (Å²) in [6.45, 7) is 0. The van der Waals surface area contributed by atoms with Crippen LogP contribution in [0.4, 0.5) is 5.69 Å². The summed E-state index contributed by atoms with van der Waals surface area (Å²) in [5.41, 5.74) is 3.58. The summed E-state index contributed by atoms with van der Waals surface area (Å²) in [6.07, 6.45) is 4.86. The number of halogens is 1. The fraction of sp³-hybridized carbons (Fsp3) is 0. The van der Waals surface area contributed by atoms with E-state index in [-0.39, 0.29) is 0 Å². The lowest BCUT2D eigenvalue weighted by Gasteiger charge is -2.03. The minimum Gasteiger partial charge on any atom is -0.318 e. The van der Waals surface area contributed by atoms with Gasteiger partial charge in [0.2, 0.25) is 0 Å². The van der Waals surface area contributed by atoms with Crippen LogP contribution in [0.1, 0.15) is 5.56 Å². The third-order valence-corrected chi connectivity index (χ3v) is 2.94. The molecule has 0 bridgehead atoms. The second-order valence-corrected chi connectivity index (χ2v) is 4.89. The molecule has 0 heterocycles. The fourth-order valence-corrected chi connectivity index (χ4v) is 1.85. The molecule has 0 aliphatic heterocycles. The molecule has 0 aliphatic rings. The normalized spacial score (nSPS) is 10.8. The van der Waals surface area contributed by atoms with E-state index in [1.54, 1.807) is 30.3 Å². The van der Waals surface area contributed by atoms with E-state index in [9.17, 15) is 9.59 Å². The first-order valence-corrected chi connectivity index (χ1v) is 7.14. The summed E-state index contributed by atoms with van der Waals surface area (Å²) < 4.78 is 0. The van der Waals surface area contributed by atoms with E-state index in [4.69, 9.17) is 11.6 Å². The third kappa shape index (κ3) is 5.76. The lowest BCUT2D eigenvalue weighted by atomic mass is 10.2. The molecule has 23 heavy (non-hydrogen) atoms. The van der Waals surface area contributed by atoms with Crippen LogP contribution in [0.5, 0.6) is 0 Å². The Labute approximate surface area is 138 Å². The maximum absolute atomic E-state index is 11.7. The van der Waals surface area contributed by atoms with Crippen molar-refractivity contribution in [1.29, 1.82) is 0 Å².